The number of piperidine rings is 1. The lowest BCUT2D eigenvalue weighted by Crippen LogP contribution is -2.42. The van der Waals surface area contributed by atoms with Crippen molar-refractivity contribution < 1.29 is 17.6 Å². The summed E-state index contributed by atoms with van der Waals surface area (Å²) in [7, 11) is -3.51. The number of rotatable bonds is 6. The highest BCUT2D eigenvalue weighted by Crippen LogP contribution is 2.41. The summed E-state index contributed by atoms with van der Waals surface area (Å²) in [4.78, 5) is 13.5. The van der Waals surface area contributed by atoms with Crippen LogP contribution >= 0.6 is 0 Å². The molecule has 7 heteroatoms. The second-order valence-corrected chi connectivity index (χ2v) is 10.5. The number of carbonyl (C=O) groups is 1. The van der Waals surface area contributed by atoms with Gasteiger partial charge in [0, 0.05) is 19.6 Å². The summed E-state index contributed by atoms with van der Waals surface area (Å²) >= 11 is 0. The number of halogens is 1. The molecule has 2 aromatic carbocycles. The van der Waals surface area contributed by atoms with Crippen LogP contribution in [0.15, 0.2) is 53.4 Å². The first-order valence-electron chi connectivity index (χ1n) is 11.1. The van der Waals surface area contributed by atoms with Crippen molar-refractivity contribution in [3.8, 4) is 0 Å². The molecule has 0 aromatic heterocycles. The minimum atomic E-state index is -3.51. The maximum absolute atomic E-state index is 13.4. The van der Waals surface area contributed by atoms with E-state index in [2.05, 4.69) is 5.32 Å². The van der Waals surface area contributed by atoms with E-state index < -0.39 is 15.4 Å². The van der Waals surface area contributed by atoms with Gasteiger partial charge in [0.2, 0.25) is 15.9 Å². The number of nitrogens with one attached hydrogen (secondary N) is 1. The molecule has 1 amide bonds. The molecule has 0 atom stereocenters. The molecule has 1 aliphatic heterocycles. The fourth-order valence-corrected chi connectivity index (χ4v) is 6.40. The third-order valence-electron chi connectivity index (χ3n) is 6.59. The van der Waals surface area contributed by atoms with Gasteiger partial charge in [-0.1, -0.05) is 43.5 Å². The van der Waals surface area contributed by atoms with Gasteiger partial charge in [0.05, 0.1) is 10.3 Å². The van der Waals surface area contributed by atoms with E-state index in [9.17, 15) is 17.6 Å². The van der Waals surface area contributed by atoms with Gasteiger partial charge in [-0.05, 0) is 61.1 Å². The standard InChI is InChI=1S/C24H29FN2O3S/c25-21-11-9-20(10-12-21)24(13-2-3-14-24)23(28)26-18-19-7-6-8-22(17-19)31(29,30)27-15-4-1-5-16-27/h6-12,17H,1-5,13-16,18H2,(H,26,28). The van der Waals surface area contributed by atoms with Crippen LogP contribution < -0.4 is 5.32 Å². The molecule has 4 rings (SSSR count). The van der Waals surface area contributed by atoms with Crippen molar-refractivity contribution in [1.82, 2.24) is 9.62 Å². The highest BCUT2D eigenvalue weighted by Gasteiger charge is 2.42. The maximum Gasteiger partial charge on any atom is 0.243 e. The first-order valence-corrected chi connectivity index (χ1v) is 12.5. The van der Waals surface area contributed by atoms with Crippen molar-refractivity contribution in [2.75, 3.05) is 13.1 Å². The molecule has 2 aliphatic rings. The van der Waals surface area contributed by atoms with Gasteiger partial charge in [0.15, 0.2) is 0 Å². The third-order valence-corrected chi connectivity index (χ3v) is 8.49. The Morgan fingerprint density at radius 3 is 2.32 bits per heavy atom. The van der Waals surface area contributed by atoms with Crippen LogP contribution in [0.2, 0.25) is 0 Å². The molecule has 1 N–H and O–H groups in total. The van der Waals surface area contributed by atoms with Crippen molar-refractivity contribution >= 4 is 15.9 Å². The van der Waals surface area contributed by atoms with E-state index >= 15 is 0 Å². The van der Waals surface area contributed by atoms with Crippen LogP contribution in [0, 0.1) is 5.82 Å². The number of carbonyl (C=O) groups excluding carboxylic acids is 1. The lowest BCUT2D eigenvalue weighted by atomic mass is 9.78. The van der Waals surface area contributed by atoms with E-state index in [0.717, 1.165) is 56.1 Å². The summed E-state index contributed by atoms with van der Waals surface area (Å²) in [5, 5.41) is 3.01. The van der Waals surface area contributed by atoms with Gasteiger partial charge in [-0.3, -0.25) is 4.79 Å². The molecule has 1 saturated carbocycles. The Morgan fingerprint density at radius 1 is 0.968 bits per heavy atom. The summed E-state index contributed by atoms with van der Waals surface area (Å²) in [6.45, 7) is 1.37. The second-order valence-electron chi connectivity index (χ2n) is 8.59. The fourth-order valence-electron chi connectivity index (χ4n) is 4.82. The van der Waals surface area contributed by atoms with Crippen molar-refractivity contribution in [2.45, 2.75) is 61.8 Å². The second kappa shape index (κ2) is 9.09. The van der Waals surface area contributed by atoms with Crippen LogP contribution in [0.5, 0.6) is 0 Å². The molecule has 166 valence electrons. The van der Waals surface area contributed by atoms with Crippen LogP contribution in [0.3, 0.4) is 0 Å². The Kier molecular flexibility index (Phi) is 6.44. The Hall–Kier alpha value is -2.25. The van der Waals surface area contributed by atoms with E-state index in [-0.39, 0.29) is 23.2 Å². The Balaban J connectivity index is 1.49. The Morgan fingerprint density at radius 2 is 1.65 bits per heavy atom. The molecule has 0 bridgehead atoms. The van der Waals surface area contributed by atoms with Gasteiger partial charge in [0.25, 0.3) is 0 Å². The van der Waals surface area contributed by atoms with Gasteiger partial charge in [-0.2, -0.15) is 4.31 Å². The van der Waals surface area contributed by atoms with Crippen molar-refractivity contribution in [3.05, 3.63) is 65.5 Å². The Bertz CT molecular complexity index is 1030. The van der Waals surface area contributed by atoms with Crippen LogP contribution in [0.4, 0.5) is 4.39 Å². The van der Waals surface area contributed by atoms with E-state index in [1.165, 1.54) is 12.1 Å². The quantitative estimate of drug-likeness (QED) is 0.729. The highest BCUT2D eigenvalue weighted by atomic mass is 32.2. The molecule has 1 aliphatic carbocycles. The molecule has 1 heterocycles. The predicted molar refractivity (Wildman–Crippen MR) is 117 cm³/mol. The molecule has 0 unspecified atom stereocenters. The van der Waals surface area contributed by atoms with Gasteiger partial charge >= 0.3 is 0 Å². The number of benzene rings is 2. The molecule has 31 heavy (non-hydrogen) atoms. The van der Waals surface area contributed by atoms with Crippen LogP contribution in [-0.4, -0.2) is 31.7 Å². The highest BCUT2D eigenvalue weighted by molar-refractivity contribution is 7.89. The predicted octanol–water partition coefficient (Wildman–Crippen LogP) is 4.13. The number of hydrogen-bond donors (Lipinski definition) is 1. The minimum absolute atomic E-state index is 0.0825. The first-order chi connectivity index (χ1) is 14.9. The van der Waals surface area contributed by atoms with Gasteiger partial charge in [-0.25, -0.2) is 12.8 Å². The molecular formula is C24H29FN2O3S. The molecular weight excluding hydrogens is 415 g/mol. The van der Waals surface area contributed by atoms with E-state index in [1.807, 2.05) is 6.07 Å². The third kappa shape index (κ3) is 4.53. The average Bonchev–Trinajstić information content (AvgIpc) is 3.30. The summed E-state index contributed by atoms with van der Waals surface area (Å²) in [6, 6.07) is 13.0. The molecule has 5 nitrogen and oxygen atoms in total. The zero-order chi connectivity index (χ0) is 21.9. The van der Waals surface area contributed by atoms with Crippen LogP contribution in [-0.2, 0) is 26.8 Å². The average molecular weight is 445 g/mol. The van der Waals surface area contributed by atoms with Crippen LogP contribution in [0.1, 0.15) is 56.1 Å². The van der Waals surface area contributed by atoms with Gasteiger partial charge in [0.1, 0.15) is 5.82 Å². The minimum Gasteiger partial charge on any atom is -0.351 e. The smallest absolute Gasteiger partial charge is 0.243 e. The van der Waals surface area contributed by atoms with Crippen LogP contribution in [0.25, 0.3) is 0 Å². The summed E-state index contributed by atoms with van der Waals surface area (Å²) < 4.78 is 40.9. The molecule has 0 radical (unpaired) electrons. The fraction of sp³-hybridized carbons (Fsp3) is 0.458. The lowest BCUT2D eigenvalue weighted by molar-refractivity contribution is -0.126. The number of amides is 1. The topological polar surface area (TPSA) is 66.5 Å². The normalized spacial score (nSPS) is 19.3. The Labute approximate surface area is 183 Å². The van der Waals surface area contributed by atoms with E-state index in [0.29, 0.717) is 13.1 Å². The monoisotopic (exact) mass is 444 g/mol. The zero-order valence-corrected chi connectivity index (χ0v) is 18.5. The lowest BCUT2D eigenvalue weighted by Gasteiger charge is -2.28. The van der Waals surface area contributed by atoms with E-state index in [4.69, 9.17) is 0 Å². The number of hydrogen-bond acceptors (Lipinski definition) is 3. The summed E-state index contributed by atoms with van der Waals surface area (Å²) in [6.07, 6.45) is 6.21. The SMILES string of the molecule is O=C(NCc1cccc(S(=O)(=O)N2CCCCC2)c1)C1(c2ccc(F)cc2)CCCC1. The number of sulfonamides is 1. The first kappa shape index (κ1) is 22.0. The molecule has 2 aromatic rings. The maximum atomic E-state index is 13.4. The largest absolute Gasteiger partial charge is 0.351 e. The van der Waals surface area contributed by atoms with Crippen molar-refractivity contribution in [2.24, 2.45) is 0 Å². The molecule has 2 fully saturated rings. The summed E-state index contributed by atoms with van der Waals surface area (Å²) in [5.74, 6) is -0.398. The molecule has 1 saturated heterocycles. The summed E-state index contributed by atoms with van der Waals surface area (Å²) in [5.41, 5.74) is 0.939. The van der Waals surface area contributed by atoms with E-state index in [1.54, 1.807) is 34.6 Å². The number of nitrogens with zero attached hydrogens (tertiary/aromatic N) is 1. The van der Waals surface area contributed by atoms with Gasteiger partial charge in [-0.15, -0.1) is 0 Å². The van der Waals surface area contributed by atoms with Crippen molar-refractivity contribution in [3.63, 3.8) is 0 Å². The molecule has 0 spiro atoms. The zero-order valence-electron chi connectivity index (χ0n) is 17.6. The van der Waals surface area contributed by atoms with Crippen molar-refractivity contribution in [1.29, 1.82) is 0 Å². The van der Waals surface area contributed by atoms with Gasteiger partial charge < -0.3 is 5.32 Å².